The molecule has 2 N–H and O–H groups in total. The van der Waals surface area contributed by atoms with E-state index >= 15 is 4.39 Å². The third-order valence-electron chi connectivity index (χ3n) is 6.11. The third-order valence-corrected chi connectivity index (χ3v) is 7.20. The monoisotopic (exact) mass is 543 g/mol. The van der Waals surface area contributed by atoms with E-state index in [4.69, 9.17) is 0 Å². The van der Waals surface area contributed by atoms with Gasteiger partial charge in [0.2, 0.25) is 5.78 Å². The Balaban J connectivity index is 1.37. The van der Waals surface area contributed by atoms with Gasteiger partial charge in [-0.1, -0.05) is 12.1 Å². The first-order chi connectivity index (χ1) is 18.9. The van der Waals surface area contributed by atoms with Crippen LogP contribution in [0.15, 0.2) is 90.3 Å². The number of anilines is 1. The van der Waals surface area contributed by atoms with Crippen LogP contribution in [0.3, 0.4) is 0 Å². The number of halogens is 3. The van der Waals surface area contributed by atoms with Crippen molar-refractivity contribution in [3.8, 4) is 11.1 Å². The lowest BCUT2D eigenvalue weighted by Crippen LogP contribution is -2.12. The normalized spacial score (nSPS) is 12.1. The molecule has 0 aliphatic rings. The average Bonchev–Trinajstić information content (AvgIpc) is 3.37. The molecule has 6 rings (SSSR count). The van der Waals surface area contributed by atoms with Crippen molar-refractivity contribution in [1.82, 2.24) is 19.9 Å². The van der Waals surface area contributed by atoms with Crippen molar-refractivity contribution >= 4 is 44.5 Å². The summed E-state index contributed by atoms with van der Waals surface area (Å²) in [5.74, 6) is -3.87. The predicted molar refractivity (Wildman–Crippen MR) is 141 cm³/mol. The van der Waals surface area contributed by atoms with Crippen LogP contribution in [-0.2, 0) is 11.0 Å². The zero-order chi connectivity index (χ0) is 27.1. The number of ketones is 1. The van der Waals surface area contributed by atoms with Crippen LogP contribution in [0.5, 0.6) is 0 Å². The first kappa shape index (κ1) is 24.4. The van der Waals surface area contributed by atoms with Gasteiger partial charge in [0.1, 0.15) is 28.3 Å². The fraction of sp³-hybridized carbons (Fsp3) is 0. The zero-order valence-corrected chi connectivity index (χ0v) is 20.6. The molecule has 0 saturated carbocycles. The quantitative estimate of drug-likeness (QED) is 0.253. The van der Waals surface area contributed by atoms with Crippen LogP contribution >= 0.6 is 0 Å². The van der Waals surface area contributed by atoms with Crippen molar-refractivity contribution < 1.29 is 22.2 Å². The van der Waals surface area contributed by atoms with Gasteiger partial charge in [-0.2, -0.15) is 0 Å². The first-order valence-corrected chi connectivity index (χ1v) is 12.7. The van der Waals surface area contributed by atoms with E-state index in [1.165, 1.54) is 24.4 Å². The number of rotatable bonds is 6. The third kappa shape index (κ3) is 4.53. The van der Waals surface area contributed by atoms with E-state index in [-0.39, 0.29) is 16.1 Å². The van der Waals surface area contributed by atoms with Gasteiger partial charge in [-0.3, -0.25) is 19.5 Å². The Morgan fingerprint density at radius 2 is 1.69 bits per heavy atom. The summed E-state index contributed by atoms with van der Waals surface area (Å²) in [6, 6.07) is 14.0. The van der Waals surface area contributed by atoms with E-state index in [0.29, 0.717) is 27.6 Å². The number of aromatic nitrogens is 4. The highest BCUT2D eigenvalue weighted by atomic mass is 32.2. The van der Waals surface area contributed by atoms with E-state index < -0.39 is 39.8 Å². The Hall–Kier alpha value is -4.90. The van der Waals surface area contributed by atoms with E-state index in [1.807, 2.05) is 18.2 Å². The summed E-state index contributed by atoms with van der Waals surface area (Å²) in [7, 11) is -2.07. The Labute approximate surface area is 221 Å². The smallest absolute Gasteiger partial charge is 0.201 e. The van der Waals surface area contributed by atoms with Crippen LogP contribution < -0.4 is 4.72 Å². The van der Waals surface area contributed by atoms with Crippen LogP contribution in [0.25, 0.3) is 33.2 Å². The number of carbonyl (C=O) groups excluding carboxylic acids is 1. The molecule has 0 spiro atoms. The minimum Gasteiger partial charge on any atom is -0.345 e. The number of carbonyl (C=O) groups is 1. The number of fused-ring (bicyclic) bond motifs is 2. The second-order valence-corrected chi connectivity index (χ2v) is 9.74. The molecule has 0 aliphatic heterocycles. The van der Waals surface area contributed by atoms with Crippen LogP contribution in [0.1, 0.15) is 15.9 Å². The van der Waals surface area contributed by atoms with Gasteiger partial charge in [-0.25, -0.2) is 22.4 Å². The van der Waals surface area contributed by atoms with Crippen molar-refractivity contribution in [2.45, 2.75) is 4.90 Å². The summed E-state index contributed by atoms with van der Waals surface area (Å²) in [4.78, 5) is 29.3. The number of nitrogens with zero attached hydrogens (tertiary/aromatic N) is 3. The molecule has 3 aromatic heterocycles. The molecular formula is C28H16F3N5O2S. The summed E-state index contributed by atoms with van der Waals surface area (Å²) in [5.41, 5.74) is 1.95. The van der Waals surface area contributed by atoms with Crippen molar-refractivity contribution in [3.63, 3.8) is 0 Å². The maximum Gasteiger partial charge on any atom is 0.201 e. The van der Waals surface area contributed by atoms with Gasteiger partial charge in [0.05, 0.1) is 27.2 Å². The van der Waals surface area contributed by atoms with Crippen molar-refractivity contribution in [2.24, 2.45) is 0 Å². The van der Waals surface area contributed by atoms with E-state index in [9.17, 15) is 17.8 Å². The van der Waals surface area contributed by atoms with Gasteiger partial charge in [0, 0.05) is 41.3 Å². The summed E-state index contributed by atoms with van der Waals surface area (Å²) in [5, 5.41) is 0.359. The lowest BCUT2D eigenvalue weighted by atomic mass is 9.99. The number of hydrogen-bond donors (Lipinski definition) is 2. The molecule has 11 heteroatoms. The summed E-state index contributed by atoms with van der Waals surface area (Å²) >= 11 is 0. The number of benzene rings is 3. The van der Waals surface area contributed by atoms with Crippen LogP contribution in [0.4, 0.5) is 18.9 Å². The molecule has 3 aromatic carbocycles. The highest BCUT2D eigenvalue weighted by Crippen LogP contribution is 2.30. The molecule has 1 unspecified atom stereocenters. The second kappa shape index (κ2) is 9.76. The molecule has 3 heterocycles. The standard InChI is InChI=1S/C28H16F3N5O2S/c29-17-2-1-3-18(12-17)39(38)36-23-7-5-21(30)25(26(23)31)27(37)20-14-35-28-19(20)10-16(13-34-28)15-4-6-22-24(11-15)33-9-8-32-22/h1-14,36H,(H,34,35). The molecule has 0 aliphatic carbocycles. The Morgan fingerprint density at radius 1 is 0.872 bits per heavy atom. The molecule has 192 valence electrons. The van der Waals surface area contributed by atoms with Crippen LogP contribution in [0, 0.1) is 17.5 Å². The molecule has 0 fully saturated rings. The minimum absolute atomic E-state index is 0.00105. The number of nitrogens with one attached hydrogen (secondary N) is 2. The molecule has 7 nitrogen and oxygen atoms in total. The summed E-state index contributed by atoms with van der Waals surface area (Å²) < 4.78 is 58.8. The zero-order valence-electron chi connectivity index (χ0n) is 19.8. The van der Waals surface area contributed by atoms with Gasteiger partial charge < -0.3 is 4.98 Å². The molecular weight excluding hydrogens is 527 g/mol. The Bertz CT molecular complexity index is 1940. The fourth-order valence-electron chi connectivity index (χ4n) is 4.21. The Kier molecular flexibility index (Phi) is 6.12. The van der Waals surface area contributed by atoms with Crippen LogP contribution in [0.2, 0.25) is 0 Å². The molecule has 0 amide bonds. The average molecular weight is 544 g/mol. The van der Waals surface area contributed by atoms with Gasteiger partial charge in [0.25, 0.3) is 0 Å². The van der Waals surface area contributed by atoms with E-state index in [2.05, 4.69) is 24.7 Å². The van der Waals surface area contributed by atoms with Gasteiger partial charge in [-0.05, 0) is 54.1 Å². The lowest BCUT2D eigenvalue weighted by Gasteiger charge is -2.11. The Morgan fingerprint density at radius 3 is 2.51 bits per heavy atom. The lowest BCUT2D eigenvalue weighted by molar-refractivity contribution is 0.103. The minimum atomic E-state index is -2.07. The predicted octanol–water partition coefficient (Wildman–Crippen LogP) is 5.96. The van der Waals surface area contributed by atoms with Crippen molar-refractivity contribution in [2.75, 3.05) is 4.72 Å². The topological polar surface area (TPSA) is 101 Å². The maximum absolute atomic E-state index is 15.5. The SMILES string of the molecule is O=C(c1c(F)ccc(NS(=O)c2cccc(F)c2)c1F)c1c[nH]c2ncc(-c3ccc4nccnc4c3)cc12. The van der Waals surface area contributed by atoms with Crippen LogP contribution in [-0.4, -0.2) is 29.9 Å². The highest BCUT2D eigenvalue weighted by molar-refractivity contribution is 7.86. The van der Waals surface area contributed by atoms with Crippen molar-refractivity contribution in [1.29, 1.82) is 0 Å². The van der Waals surface area contributed by atoms with Crippen molar-refractivity contribution in [3.05, 3.63) is 114 Å². The maximum atomic E-state index is 15.5. The number of hydrogen-bond acceptors (Lipinski definition) is 5. The largest absolute Gasteiger partial charge is 0.345 e. The summed E-state index contributed by atoms with van der Waals surface area (Å²) in [6.07, 6.45) is 6.11. The molecule has 0 saturated heterocycles. The number of pyridine rings is 1. The molecule has 0 radical (unpaired) electrons. The molecule has 39 heavy (non-hydrogen) atoms. The van der Waals surface area contributed by atoms with E-state index in [1.54, 1.807) is 24.7 Å². The summed E-state index contributed by atoms with van der Waals surface area (Å²) in [6.45, 7) is 0. The van der Waals surface area contributed by atoms with Gasteiger partial charge >= 0.3 is 0 Å². The first-order valence-electron chi connectivity index (χ1n) is 11.5. The van der Waals surface area contributed by atoms with Gasteiger partial charge in [0.15, 0.2) is 5.82 Å². The number of H-pyrrole nitrogens is 1. The highest BCUT2D eigenvalue weighted by Gasteiger charge is 2.25. The van der Waals surface area contributed by atoms with Gasteiger partial charge in [-0.15, -0.1) is 0 Å². The molecule has 1 atom stereocenters. The molecule has 0 bridgehead atoms. The number of aromatic amines is 1. The fourth-order valence-corrected chi connectivity index (χ4v) is 5.10. The second-order valence-electron chi connectivity index (χ2n) is 8.52. The van der Waals surface area contributed by atoms with E-state index in [0.717, 1.165) is 23.8 Å². The molecule has 6 aromatic rings.